The van der Waals surface area contributed by atoms with E-state index in [-0.39, 0.29) is 11.7 Å². The first-order valence-corrected chi connectivity index (χ1v) is 11.9. The highest BCUT2D eigenvalue weighted by Gasteiger charge is 2.26. The molecule has 1 saturated heterocycles. The van der Waals surface area contributed by atoms with E-state index in [1.807, 2.05) is 10.7 Å². The first kappa shape index (κ1) is 21.3. The molecule has 1 atom stereocenters. The monoisotopic (exact) mass is 436 g/mol. The second-order valence-electron chi connectivity index (χ2n) is 9.15. The molecule has 2 fully saturated rings. The molecule has 1 N–H and O–H groups in total. The van der Waals surface area contributed by atoms with Gasteiger partial charge in [0.25, 0.3) is 5.56 Å². The second kappa shape index (κ2) is 9.50. The number of fused-ring (bicyclic) bond motifs is 1. The number of benzene rings is 1. The van der Waals surface area contributed by atoms with E-state index in [2.05, 4.69) is 50.5 Å². The maximum absolute atomic E-state index is 12.9. The van der Waals surface area contributed by atoms with Crippen molar-refractivity contribution in [2.45, 2.75) is 83.6 Å². The van der Waals surface area contributed by atoms with Crippen molar-refractivity contribution in [2.75, 3.05) is 6.61 Å². The van der Waals surface area contributed by atoms with Crippen LogP contribution in [0.4, 0.5) is 0 Å². The number of tetrazole rings is 1. The number of aromatic amines is 1. The zero-order valence-electron chi connectivity index (χ0n) is 18.8. The Balaban J connectivity index is 1.40. The van der Waals surface area contributed by atoms with Crippen molar-refractivity contribution in [3.8, 4) is 0 Å². The van der Waals surface area contributed by atoms with Crippen LogP contribution in [0.25, 0.3) is 10.9 Å². The summed E-state index contributed by atoms with van der Waals surface area (Å²) >= 11 is 0. The molecule has 0 amide bonds. The summed E-state index contributed by atoms with van der Waals surface area (Å²) in [7, 11) is 0. The topological polar surface area (TPSA) is 88.9 Å². The molecule has 170 valence electrons. The molecule has 1 saturated carbocycles. The lowest BCUT2D eigenvalue weighted by Crippen LogP contribution is -2.35. The summed E-state index contributed by atoms with van der Waals surface area (Å²) in [5.74, 6) is 0.845. The lowest BCUT2D eigenvalue weighted by molar-refractivity contribution is 0.0906. The fraction of sp³-hybridized carbons (Fsp3) is 0.583. The number of ether oxygens (including phenoxy) is 1. The quantitative estimate of drug-likeness (QED) is 0.583. The van der Waals surface area contributed by atoms with Crippen LogP contribution in [0.1, 0.15) is 62.4 Å². The minimum absolute atomic E-state index is 0.0105. The number of pyridine rings is 1. The molecule has 0 unspecified atom stereocenters. The smallest absolute Gasteiger partial charge is 0.252 e. The van der Waals surface area contributed by atoms with Crippen molar-refractivity contribution < 1.29 is 4.74 Å². The van der Waals surface area contributed by atoms with Crippen molar-refractivity contribution in [3.05, 3.63) is 51.6 Å². The van der Waals surface area contributed by atoms with Gasteiger partial charge in [0.15, 0.2) is 5.82 Å². The molecule has 1 aliphatic carbocycles. The molecule has 3 heterocycles. The Morgan fingerprint density at radius 2 is 2.03 bits per heavy atom. The zero-order chi connectivity index (χ0) is 21.9. The average molecular weight is 437 g/mol. The molecule has 1 aliphatic heterocycles. The molecule has 3 aromatic rings. The molecular formula is C24H32N6O2. The van der Waals surface area contributed by atoms with E-state index in [9.17, 15) is 4.79 Å². The SMILES string of the molecule is CCc1ccc2[nH]c(=O)c(CN(Cc3nnnn3C[C@H]3CCCO3)C3CCCC3)cc2c1. The van der Waals surface area contributed by atoms with E-state index in [0.29, 0.717) is 25.7 Å². The van der Waals surface area contributed by atoms with Gasteiger partial charge in [-0.3, -0.25) is 9.69 Å². The number of aromatic nitrogens is 5. The highest BCUT2D eigenvalue weighted by atomic mass is 16.5. The first-order valence-electron chi connectivity index (χ1n) is 11.9. The maximum atomic E-state index is 12.9. The van der Waals surface area contributed by atoms with Crippen LogP contribution in [0.5, 0.6) is 0 Å². The Morgan fingerprint density at radius 3 is 2.81 bits per heavy atom. The van der Waals surface area contributed by atoms with Crippen molar-refractivity contribution in [1.82, 2.24) is 30.1 Å². The van der Waals surface area contributed by atoms with E-state index in [4.69, 9.17) is 4.74 Å². The molecule has 1 aromatic carbocycles. The Labute approximate surface area is 188 Å². The van der Waals surface area contributed by atoms with Crippen molar-refractivity contribution in [2.24, 2.45) is 0 Å². The number of hydrogen-bond donors (Lipinski definition) is 1. The Morgan fingerprint density at radius 1 is 1.16 bits per heavy atom. The number of H-pyrrole nitrogens is 1. The van der Waals surface area contributed by atoms with Gasteiger partial charge in [-0.15, -0.1) is 5.10 Å². The van der Waals surface area contributed by atoms with Gasteiger partial charge in [-0.05, 0) is 71.7 Å². The van der Waals surface area contributed by atoms with Crippen LogP contribution in [-0.2, 0) is 30.8 Å². The minimum Gasteiger partial charge on any atom is -0.376 e. The van der Waals surface area contributed by atoms with Crippen LogP contribution in [-0.4, -0.2) is 48.8 Å². The van der Waals surface area contributed by atoms with Gasteiger partial charge in [-0.1, -0.05) is 25.8 Å². The number of aryl methyl sites for hydroxylation is 1. The van der Waals surface area contributed by atoms with Crippen molar-refractivity contribution >= 4 is 10.9 Å². The summed E-state index contributed by atoms with van der Waals surface area (Å²) in [5.41, 5.74) is 2.96. The van der Waals surface area contributed by atoms with Crippen LogP contribution in [0.2, 0.25) is 0 Å². The Kier molecular flexibility index (Phi) is 6.32. The number of nitrogens with zero attached hydrogens (tertiary/aromatic N) is 5. The molecule has 0 bridgehead atoms. The van der Waals surface area contributed by atoms with E-state index < -0.39 is 0 Å². The predicted octanol–water partition coefficient (Wildman–Crippen LogP) is 3.20. The third-order valence-electron chi connectivity index (χ3n) is 6.96. The summed E-state index contributed by atoms with van der Waals surface area (Å²) in [4.78, 5) is 18.4. The van der Waals surface area contributed by atoms with Gasteiger partial charge in [0.1, 0.15) is 0 Å². The fourth-order valence-electron chi connectivity index (χ4n) is 5.08. The molecule has 8 heteroatoms. The van der Waals surface area contributed by atoms with Crippen LogP contribution >= 0.6 is 0 Å². The molecule has 2 aromatic heterocycles. The molecular weight excluding hydrogens is 404 g/mol. The molecule has 2 aliphatic rings. The molecule has 5 rings (SSSR count). The van der Waals surface area contributed by atoms with Gasteiger partial charge >= 0.3 is 0 Å². The fourth-order valence-corrected chi connectivity index (χ4v) is 5.08. The van der Waals surface area contributed by atoms with Gasteiger partial charge < -0.3 is 9.72 Å². The van der Waals surface area contributed by atoms with Gasteiger partial charge in [0.2, 0.25) is 0 Å². The van der Waals surface area contributed by atoms with Crippen molar-refractivity contribution in [1.29, 1.82) is 0 Å². The van der Waals surface area contributed by atoms with E-state index >= 15 is 0 Å². The Bertz CT molecular complexity index is 1110. The molecule has 0 spiro atoms. The third-order valence-corrected chi connectivity index (χ3v) is 6.96. The van der Waals surface area contributed by atoms with Gasteiger partial charge in [0, 0.05) is 30.3 Å². The maximum Gasteiger partial charge on any atom is 0.252 e. The largest absolute Gasteiger partial charge is 0.376 e. The minimum atomic E-state index is -0.0105. The third kappa shape index (κ3) is 4.61. The van der Waals surface area contributed by atoms with E-state index in [1.54, 1.807) is 0 Å². The summed E-state index contributed by atoms with van der Waals surface area (Å²) < 4.78 is 7.67. The predicted molar refractivity (Wildman–Crippen MR) is 122 cm³/mol. The summed E-state index contributed by atoms with van der Waals surface area (Å²) in [6, 6.07) is 8.77. The molecule has 32 heavy (non-hydrogen) atoms. The van der Waals surface area contributed by atoms with Gasteiger partial charge in [-0.25, -0.2) is 4.68 Å². The van der Waals surface area contributed by atoms with E-state index in [0.717, 1.165) is 61.0 Å². The highest BCUT2D eigenvalue weighted by Crippen LogP contribution is 2.26. The summed E-state index contributed by atoms with van der Waals surface area (Å²) in [5, 5.41) is 13.6. The van der Waals surface area contributed by atoms with Crippen molar-refractivity contribution in [3.63, 3.8) is 0 Å². The lowest BCUT2D eigenvalue weighted by Gasteiger charge is -2.28. The average Bonchev–Trinajstić information content (AvgIpc) is 3.58. The standard InChI is InChI=1S/C24H32N6O2/c1-2-17-9-10-22-18(12-17)13-19(24(31)25-22)14-29(20-6-3-4-7-20)16-23-26-27-28-30(23)15-21-8-5-11-32-21/h9-10,12-13,20-21H,2-8,11,14-16H2,1H3,(H,25,31)/t21-/m1/s1. The van der Waals surface area contributed by atoms with Crippen LogP contribution in [0, 0.1) is 0 Å². The van der Waals surface area contributed by atoms with Gasteiger partial charge in [0.05, 0.1) is 19.2 Å². The lowest BCUT2D eigenvalue weighted by atomic mass is 10.1. The number of hydrogen-bond acceptors (Lipinski definition) is 6. The van der Waals surface area contributed by atoms with Crippen LogP contribution in [0.15, 0.2) is 29.1 Å². The molecule has 8 nitrogen and oxygen atoms in total. The van der Waals surface area contributed by atoms with Crippen LogP contribution < -0.4 is 5.56 Å². The first-order chi connectivity index (χ1) is 15.7. The number of nitrogens with one attached hydrogen (secondary N) is 1. The van der Waals surface area contributed by atoms with Crippen LogP contribution in [0.3, 0.4) is 0 Å². The molecule has 0 radical (unpaired) electrons. The summed E-state index contributed by atoms with van der Waals surface area (Å²) in [6.45, 7) is 4.89. The highest BCUT2D eigenvalue weighted by molar-refractivity contribution is 5.79. The Hall–Kier alpha value is -2.58. The zero-order valence-corrected chi connectivity index (χ0v) is 18.8. The second-order valence-corrected chi connectivity index (χ2v) is 9.15. The van der Waals surface area contributed by atoms with E-state index in [1.165, 1.54) is 18.4 Å². The normalized spacial score (nSPS) is 19.5. The summed E-state index contributed by atoms with van der Waals surface area (Å²) in [6.07, 6.45) is 8.09. The van der Waals surface area contributed by atoms with Gasteiger partial charge in [-0.2, -0.15) is 0 Å². The number of rotatable bonds is 8.